The fraction of sp³-hybridized carbons (Fsp3) is 0.933. The van der Waals surface area contributed by atoms with E-state index >= 15 is 0 Å². The number of carbonyl (C=O) groups is 1. The first-order valence-corrected chi connectivity index (χ1v) is 7.48. The van der Waals surface area contributed by atoms with Crippen molar-refractivity contribution < 1.29 is 9.90 Å². The lowest BCUT2D eigenvalue weighted by molar-refractivity contribution is -0.131. The van der Waals surface area contributed by atoms with Crippen LogP contribution in [0.15, 0.2) is 0 Å². The molecule has 0 spiro atoms. The van der Waals surface area contributed by atoms with Gasteiger partial charge in [-0.1, -0.05) is 51.4 Å². The number of carbonyl (C=O) groups excluding carboxylic acids is 1. The van der Waals surface area contributed by atoms with E-state index in [4.69, 9.17) is 0 Å². The Morgan fingerprint density at radius 3 is 2.06 bits per heavy atom. The van der Waals surface area contributed by atoms with Crippen molar-refractivity contribution in [2.45, 2.75) is 76.7 Å². The zero-order valence-corrected chi connectivity index (χ0v) is 10.9. The number of Topliss-reactive ketones (excluding diaryl/α,β-unsaturated/α-hetero) is 1. The largest absolute Gasteiger partial charge is 0.385 e. The Kier molecular flexibility index (Phi) is 5.02. The Morgan fingerprint density at radius 2 is 1.47 bits per heavy atom. The summed E-state index contributed by atoms with van der Waals surface area (Å²) in [6.07, 6.45) is 12.0. The molecule has 2 rings (SSSR count). The summed E-state index contributed by atoms with van der Waals surface area (Å²) in [5.74, 6) is 0.957. The smallest absolute Gasteiger partial charge is 0.161 e. The normalized spacial score (nSPS) is 25.7. The number of hydrogen-bond acceptors (Lipinski definition) is 2. The Balaban J connectivity index is 1.77. The molecule has 0 aromatic carbocycles. The van der Waals surface area contributed by atoms with Gasteiger partial charge in [-0.3, -0.25) is 4.79 Å². The molecule has 1 unspecified atom stereocenters. The highest BCUT2D eigenvalue weighted by Crippen LogP contribution is 2.30. The van der Waals surface area contributed by atoms with Crippen LogP contribution in [0.4, 0.5) is 0 Å². The Hall–Kier alpha value is -0.370. The van der Waals surface area contributed by atoms with Gasteiger partial charge in [0.15, 0.2) is 5.78 Å². The standard InChI is InChI=1S/C15H26O2/c16-14(11-12-7-3-1-4-8-12)15(17)13-9-5-2-6-10-13/h12-13,15,17H,1-11H2. The topological polar surface area (TPSA) is 37.3 Å². The van der Waals surface area contributed by atoms with Gasteiger partial charge in [0.05, 0.1) is 0 Å². The highest BCUT2D eigenvalue weighted by Gasteiger charge is 2.29. The van der Waals surface area contributed by atoms with E-state index in [1.807, 2.05) is 0 Å². The van der Waals surface area contributed by atoms with Gasteiger partial charge in [0.2, 0.25) is 0 Å². The summed E-state index contributed by atoms with van der Waals surface area (Å²) in [5.41, 5.74) is 0. The van der Waals surface area contributed by atoms with Crippen molar-refractivity contribution in [3.63, 3.8) is 0 Å². The van der Waals surface area contributed by atoms with E-state index in [-0.39, 0.29) is 11.7 Å². The second-order valence-corrected chi connectivity index (χ2v) is 6.02. The first-order chi connectivity index (χ1) is 8.27. The third-order valence-corrected chi connectivity index (χ3v) is 4.64. The third kappa shape index (κ3) is 3.80. The Morgan fingerprint density at radius 1 is 0.941 bits per heavy atom. The molecule has 0 aliphatic heterocycles. The van der Waals surface area contributed by atoms with Crippen LogP contribution in [-0.4, -0.2) is 17.0 Å². The van der Waals surface area contributed by atoms with Crippen molar-refractivity contribution in [3.8, 4) is 0 Å². The van der Waals surface area contributed by atoms with Gasteiger partial charge >= 0.3 is 0 Å². The molecule has 0 aromatic heterocycles. The van der Waals surface area contributed by atoms with E-state index in [1.165, 1.54) is 51.4 Å². The molecule has 2 aliphatic rings. The van der Waals surface area contributed by atoms with E-state index in [2.05, 4.69) is 0 Å². The number of rotatable bonds is 4. The number of aliphatic hydroxyl groups is 1. The minimum atomic E-state index is -0.655. The summed E-state index contributed by atoms with van der Waals surface area (Å²) < 4.78 is 0. The van der Waals surface area contributed by atoms with Crippen molar-refractivity contribution in [3.05, 3.63) is 0 Å². The van der Waals surface area contributed by atoms with E-state index in [0.29, 0.717) is 12.3 Å². The molecule has 0 saturated heterocycles. The van der Waals surface area contributed by atoms with Crippen LogP contribution in [-0.2, 0) is 4.79 Å². The third-order valence-electron chi connectivity index (χ3n) is 4.64. The zero-order valence-electron chi connectivity index (χ0n) is 10.9. The number of aliphatic hydroxyl groups excluding tert-OH is 1. The first kappa shape index (κ1) is 13.1. The maximum atomic E-state index is 12.1. The molecule has 1 atom stereocenters. The molecule has 2 heteroatoms. The van der Waals surface area contributed by atoms with Crippen molar-refractivity contribution in [2.75, 3.05) is 0 Å². The lowest BCUT2D eigenvalue weighted by Crippen LogP contribution is -2.32. The molecule has 2 saturated carbocycles. The maximum absolute atomic E-state index is 12.1. The van der Waals surface area contributed by atoms with Crippen LogP contribution in [0, 0.1) is 11.8 Å². The van der Waals surface area contributed by atoms with E-state index in [1.54, 1.807) is 0 Å². The van der Waals surface area contributed by atoms with Crippen LogP contribution in [0.5, 0.6) is 0 Å². The highest BCUT2D eigenvalue weighted by atomic mass is 16.3. The van der Waals surface area contributed by atoms with E-state index < -0.39 is 6.10 Å². The van der Waals surface area contributed by atoms with Crippen LogP contribution in [0.3, 0.4) is 0 Å². The zero-order chi connectivity index (χ0) is 12.1. The van der Waals surface area contributed by atoms with Crippen LogP contribution < -0.4 is 0 Å². The second-order valence-electron chi connectivity index (χ2n) is 6.02. The molecule has 2 nitrogen and oxygen atoms in total. The van der Waals surface area contributed by atoms with Gasteiger partial charge in [-0.2, -0.15) is 0 Å². The first-order valence-electron chi connectivity index (χ1n) is 7.48. The van der Waals surface area contributed by atoms with Gasteiger partial charge in [0.1, 0.15) is 6.10 Å². The molecule has 2 aliphatic carbocycles. The van der Waals surface area contributed by atoms with Gasteiger partial charge in [0, 0.05) is 6.42 Å². The molecule has 0 aromatic rings. The highest BCUT2D eigenvalue weighted by molar-refractivity contribution is 5.83. The summed E-state index contributed by atoms with van der Waals surface area (Å²) in [6, 6.07) is 0. The van der Waals surface area contributed by atoms with Gasteiger partial charge in [-0.05, 0) is 24.7 Å². The lowest BCUT2D eigenvalue weighted by atomic mass is 9.80. The van der Waals surface area contributed by atoms with Gasteiger partial charge in [-0.15, -0.1) is 0 Å². The van der Waals surface area contributed by atoms with Gasteiger partial charge in [-0.25, -0.2) is 0 Å². The predicted molar refractivity (Wildman–Crippen MR) is 68.8 cm³/mol. The summed E-state index contributed by atoms with van der Waals surface area (Å²) in [4.78, 5) is 12.1. The Bertz CT molecular complexity index is 237. The van der Waals surface area contributed by atoms with E-state index in [0.717, 1.165) is 12.8 Å². The van der Waals surface area contributed by atoms with Crippen molar-refractivity contribution in [2.24, 2.45) is 11.8 Å². The van der Waals surface area contributed by atoms with Crippen molar-refractivity contribution in [1.29, 1.82) is 0 Å². The minimum Gasteiger partial charge on any atom is -0.385 e. The van der Waals surface area contributed by atoms with Crippen LogP contribution in [0.1, 0.15) is 70.6 Å². The van der Waals surface area contributed by atoms with Crippen LogP contribution in [0.25, 0.3) is 0 Å². The van der Waals surface area contributed by atoms with Crippen molar-refractivity contribution >= 4 is 5.78 Å². The monoisotopic (exact) mass is 238 g/mol. The fourth-order valence-electron chi connectivity index (χ4n) is 3.51. The molecule has 17 heavy (non-hydrogen) atoms. The summed E-state index contributed by atoms with van der Waals surface area (Å²) in [6.45, 7) is 0. The van der Waals surface area contributed by atoms with Gasteiger partial charge in [0.25, 0.3) is 0 Å². The molecule has 0 radical (unpaired) electrons. The van der Waals surface area contributed by atoms with Crippen molar-refractivity contribution in [1.82, 2.24) is 0 Å². The quantitative estimate of drug-likeness (QED) is 0.814. The average Bonchev–Trinajstić information content (AvgIpc) is 2.40. The maximum Gasteiger partial charge on any atom is 0.161 e. The second kappa shape index (κ2) is 6.53. The lowest BCUT2D eigenvalue weighted by Gasteiger charge is -2.27. The van der Waals surface area contributed by atoms with Crippen LogP contribution in [0.2, 0.25) is 0 Å². The molecule has 1 N–H and O–H groups in total. The molecule has 98 valence electrons. The fourth-order valence-corrected chi connectivity index (χ4v) is 3.51. The molecular formula is C15H26O2. The Labute approximate surface area is 105 Å². The van der Waals surface area contributed by atoms with Gasteiger partial charge < -0.3 is 5.11 Å². The summed E-state index contributed by atoms with van der Waals surface area (Å²) >= 11 is 0. The molecular weight excluding hydrogens is 212 g/mol. The molecule has 0 bridgehead atoms. The molecule has 2 fully saturated rings. The summed E-state index contributed by atoms with van der Waals surface area (Å²) in [7, 11) is 0. The van der Waals surface area contributed by atoms with E-state index in [9.17, 15) is 9.90 Å². The molecule has 0 heterocycles. The molecule has 0 amide bonds. The number of hydrogen-bond donors (Lipinski definition) is 1. The SMILES string of the molecule is O=C(CC1CCCCC1)C(O)C1CCCCC1. The van der Waals surface area contributed by atoms with Crippen LogP contribution >= 0.6 is 0 Å². The number of ketones is 1. The predicted octanol–water partition coefficient (Wildman–Crippen LogP) is 3.47. The minimum absolute atomic E-state index is 0.129. The summed E-state index contributed by atoms with van der Waals surface area (Å²) in [5, 5.41) is 10.1. The average molecular weight is 238 g/mol.